The number of hydrogen-bond acceptors (Lipinski definition) is 4. The molecule has 1 saturated heterocycles. The number of carbonyl (C=O) groups excluding carboxylic acids is 1. The molecule has 2 aromatic heterocycles. The van der Waals surface area contributed by atoms with Gasteiger partial charge in [-0.2, -0.15) is 10.2 Å². The Morgan fingerprint density at radius 1 is 1.14 bits per heavy atom. The molecular weight excluding hydrogens is 352 g/mol. The minimum Gasteiger partial charge on any atom is -0.337 e. The molecule has 1 aliphatic carbocycles. The first-order valence-electron chi connectivity index (χ1n) is 10.6. The Bertz CT molecular complexity index is 819. The molecule has 0 radical (unpaired) electrons. The Kier molecular flexibility index (Phi) is 5.53. The summed E-state index contributed by atoms with van der Waals surface area (Å²) in [5.41, 5.74) is 3.24. The number of aryl methyl sites for hydroxylation is 1. The van der Waals surface area contributed by atoms with Crippen LogP contribution in [-0.2, 0) is 20.1 Å². The maximum absolute atomic E-state index is 13.3. The summed E-state index contributed by atoms with van der Waals surface area (Å²) >= 11 is 0. The smallest absolute Gasteiger partial charge is 0.257 e. The second-order valence-electron chi connectivity index (χ2n) is 8.74. The molecule has 1 aliphatic heterocycles. The molecule has 2 aromatic rings. The molecule has 28 heavy (non-hydrogen) atoms. The van der Waals surface area contributed by atoms with Gasteiger partial charge >= 0.3 is 0 Å². The fourth-order valence-corrected chi connectivity index (χ4v) is 4.15. The van der Waals surface area contributed by atoms with Crippen LogP contribution < -0.4 is 0 Å². The molecule has 0 atom stereocenters. The van der Waals surface area contributed by atoms with E-state index in [-0.39, 0.29) is 5.91 Å². The zero-order valence-electron chi connectivity index (χ0n) is 17.3. The zero-order valence-corrected chi connectivity index (χ0v) is 17.3. The number of carbonyl (C=O) groups is 1. The second-order valence-corrected chi connectivity index (χ2v) is 8.74. The Hall–Kier alpha value is -2.15. The first kappa shape index (κ1) is 19.2. The van der Waals surface area contributed by atoms with E-state index < -0.39 is 0 Å². The SMILES string of the molecule is CC(C)Cn1ncc(C(=O)N2CCCN(Cc3cnn(C)c3)CC2)c1C1CC1. The van der Waals surface area contributed by atoms with Crippen molar-refractivity contribution in [2.24, 2.45) is 13.0 Å². The topological polar surface area (TPSA) is 59.2 Å². The maximum Gasteiger partial charge on any atom is 0.257 e. The molecule has 1 saturated carbocycles. The van der Waals surface area contributed by atoms with Crippen molar-refractivity contribution in [3.63, 3.8) is 0 Å². The third-order valence-corrected chi connectivity index (χ3v) is 5.65. The Labute approximate surface area is 167 Å². The van der Waals surface area contributed by atoms with Gasteiger partial charge in [0.1, 0.15) is 0 Å². The van der Waals surface area contributed by atoms with Crippen molar-refractivity contribution >= 4 is 5.91 Å². The molecule has 2 fully saturated rings. The Morgan fingerprint density at radius 2 is 1.96 bits per heavy atom. The van der Waals surface area contributed by atoms with Crippen molar-refractivity contribution in [3.8, 4) is 0 Å². The van der Waals surface area contributed by atoms with Gasteiger partial charge in [0.15, 0.2) is 0 Å². The monoisotopic (exact) mass is 384 g/mol. The van der Waals surface area contributed by atoms with Crippen LogP contribution in [0.2, 0.25) is 0 Å². The van der Waals surface area contributed by atoms with E-state index in [1.807, 2.05) is 29.0 Å². The first-order chi connectivity index (χ1) is 13.5. The fourth-order valence-electron chi connectivity index (χ4n) is 4.15. The van der Waals surface area contributed by atoms with Gasteiger partial charge in [-0.3, -0.25) is 19.1 Å². The molecule has 1 amide bonds. The standard InChI is InChI=1S/C21H32N6O/c1-16(2)13-27-20(18-5-6-18)19(12-23-27)21(28)26-8-4-7-25(9-10-26)15-17-11-22-24(3)14-17/h11-12,14,16,18H,4-10,13,15H2,1-3H3. The molecule has 152 valence electrons. The van der Waals surface area contributed by atoms with Gasteiger partial charge in [-0.15, -0.1) is 0 Å². The lowest BCUT2D eigenvalue weighted by molar-refractivity contribution is 0.0759. The average molecular weight is 385 g/mol. The maximum atomic E-state index is 13.3. The summed E-state index contributed by atoms with van der Waals surface area (Å²) < 4.78 is 3.93. The Balaban J connectivity index is 1.43. The van der Waals surface area contributed by atoms with Gasteiger partial charge in [-0.1, -0.05) is 13.8 Å². The lowest BCUT2D eigenvalue weighted by atomic mass is 10.1. The van der Waals surface area contributed by atoms with E-state index in [2.05, 4.69) is 39.8 Å². The van der Waals surface area contributed by atoms with Crippen LogP contribution in [0.15, 0.2) is 18.6 Å². The number of nitrogens with zero attached hydrogens (tertiary/aromatic N) is 6. The van der Waals surface area contributed by atoms with Crippen LogP contribution in [-0.4, -0.2) is 61.4 Å². The van der Waals surface area contributed by atoms with E-state index in [0.29, 0.717) is 11.8 Å². The summed E-state index contributed by atoms with van der Waals surface area (Å²) in [6.45, 7) is 9.70. The van der Waals surface area contributed by atoms with Crippen LogP contribution >= 0.6 is 0 Å². The van der Waals surface area contributed by atoms with E-state index in [0.717, 1.165) is 51.3 Å². The molecule has 0 unspecified atom stereocenters. The minimum atomic E-state index is 0.167. The first-order valence-corrected chi connectivity index (χ1v) is 10.6. The summed E-state index contributed by atoms with van der Waals surface area (Å²) in [5.74, 6) is 1.22. The number of amides is 1. The Morgan fingerprint density at radius 3 is 2.64 bits per heavy atom. The van der Waals surface area contributed by atoms with Crippen molar-refractivity contribution in [2.75, 3.05) is 26.2 Å². The molecular formula is C21H32N6O. The average Bonchev–Trinajstić information content (AvgIpc) is 3.34. The molecule has 0 spiro atoms. The highest BCUT2D eigenvalue weighted by Crippen LogP contribution is 2.42. The van der Waals surface area contributed by atoms with Gasteiger partial charge < -0.3 is 4.90 Å². The molecule has 7 nitrogen and oxygen atoms in total. The summed E-state index contributed by atoms with van der Waals surface area (Å²) in [5, 5.41) is 8.84. The predicted molar refractivity (Wildman–Crippen MR) is 108 cm³/mol. The van der Waals surface area contributed by atoms with Crippen LogP contribution in [0.1, 0.15) is 60.6 Å². The lowest BCUT2D eigenvalue weighted by Gasteiger charge is -2.22. The van der Waals surface area contributed by atoms with Gasteiger partial charge in [0.2, 0.25) is 0 Å². The summed E-state index contributed by atoms with van der Waals surface area (Å²) in [6.07, 6.45) is 9.19. The van der Waals surface area contributed by atoms with Gasteiger partial charge in [0, 0.05) is 64.0 Å². The molecule has 4 rings (SSSR count). The summed E-state index contributed by atoms with van der Waals surface area (Å²) in [7, 11) is 1.95. The fraction of sp³-hybridized carbons (Fsp3) is 0.667. The quantitative estimate of drug-likeness (QED) is 0.768. The number of hydrogen-bond donors (Lipinski definition) is 0. The highest BCUT2D eigenvalue weighted by Gasteiger charge is 2.34. The molecule has 0 N–H and O–H groups in total. The molecule has 0 bridgehead atoms. The predicted octanol–water partition coefficient (Wildman–Crippen LogP) is 2.50. The van der Waals surface area contributed by atoms with Gasteiger partial charge in [-0.05, 0) is 25.2 Å². The second kappa shape index (κ2) is 8.07. The van der Waals surface area contributed by atoms with Gasteiger partial charge in [-0.25, -0.2) is 0 Å². The minimum absolute atomic E-state index is 0.167. The third-order valence-electron chi connectivity index (χ3n) is 5.65. The molecule has 7 heteroatoms. The van der Waals surface area contributed by atoms with Crippen LogP contribution in [0.25, 0.3) is 0 Å². The number of aromatic nitrogens is 4. The van der Waals surface area contributed by atoms with Gasteiger partial charge in [0.25, 0.3) is 5.91 Å². The molecule has 3 heterocycles. The van der Waals surface area contributed by atoms with Crippen LogP contribution in [0.3, 0.4) is 0 Å². The van der Waals surface area contributed by atoms with E-state index in [1.165, 1.54) is 24.1 Å². The van der Waals surface area contributed by atoms with E-state index in [9.17, 15) is 4.79 Å². The normalized spacial score (nSPS) is 18.6. The zero-order chi connectivity index (χ0) is 19.7. The highest BCUT2D eigenvalue weighted by atomic mass is 16.2. The van der Waals surface area contributed by atoms with E-state index in [4.69, 9.17) is 0 Å². The largest absolute Gasteiger partial charge is 0.337 e. The van der Waals surface area contributed by atoms with Crippen LogP contribution in [0, 0.1) is 5.92 Å². The van der Waals surface area contributed by atoms with Crippen molar-refractivity contribution < 1.29 is 4.79 Å². The summed E-state index contributed by atoms with van der Waals surface area (Å²) in [6, 6.07) is 0. The van der Waals surface area contributed by atoms with Gasteiger partial charge in [0.05, 0.1) is 23.7 Å². The molecule has 2 aliphatic rings. The van der Waals surface area contributed by atoms with E-state index in [1.54, 1.807) is 0 Å². The summed E-state index contributed by atoms with van der Waals surface area (Å²) in [4.78, 5) is 17.8. The lowest BCUT2D eigenvalue weighted by Crippen LogP contribution is -2.35. The molecule has 0 aromatic carbocycles. The van der Waals surface area contributed by atoms with Crippen LogP contribution in [0.5, 0.6) is 0 Å². The van der Waals surface area contributed by atoms with Crippen molar-refractivity contribution in [2.45, 2.75) is 52.1 Å². The van der Waals surface area contributed by atoms with E-state index >= 15 is 0 Å². The third kappa shape index (κ3) is 4.29. The highest BCUT2D eigenvalue weighted by molar-refractivity contribution is 5.95. The van der Waals surface area contributed by atoms with Crippen molar-refractivity contribution in [3.05, 3.63) is 35.4 Å². The van der Waals surface area contributed by atoms with Crippen molar-refractivity contribution in [1.82, 2.24) is 29.4 Å². The van der Waals surface area contributed by atoms with Crippen molar-refractivity contribution in [1.29, 1.82) is 0 Å². The van der Waals surface area contributed by atoms with Crippen LogP contribution in [0.4, 0.5) is 0 Å². The number of rotatable bonds is 6.